The summed E-state index contributed by atoms with van der Waals surface area (Å²) in [6.07, 6.45) is 0.373. The van der Waals surface area contributed by atoms with Gasteiger partial charge in [0.1, 0.15) is 0 Å². The van der Waals surface area contributed by atoms with Crippen LogP contribution in [0.25, 0.3) is 0 Å². The van der Waals surface area contributed by atoms with E-state index in [0.717, 1.165) is 5.56 Å². The lowest BCUT2D eigenvalue weighted by Gasteiger charge is -2.16. The molecule has 1 unspecified atom stereocenters. The zero-order chi connectivity index (χ0) is 13.3. The van der Waals surface area contributed by atoms with Crippen molar-refractivity contribution in [2.45, 2.75) is 26.3 Å². The van der Waals surface area contributed by atoms with Gasteiger partial charge in [-0.1, -0.05) is 6.92 Å². The molecule has 0 bridgehead atoms. The van der Waals surface area contributed by atoms with E-state index < -0.39 is 11.2 Å². The number of aromatic amines is 1. The second-order valence-electron chi connectivity index (χ2n) is 4.02. The predicted molar refractivity (Wildman–Crippen MR) is 70.5 cm³/mol. The van der Waals surface area contributed by atoms with Crippen LogP contribution in [0.5, 0.6) is 5.88 Å². The number of H-pyrrole nitrogens is 1. The van der Waals surface area contributed by atoms with Gasteiger partial charge in [-0.3, -0.25) is 14.3 Å². The predicted octanol–water partition coefficient (Wildman–Crippen LogP) is 1.48. The second-order valence-corrected chi connectivity index (χ2v) is 4.80. The van der Waals surface area contributed by atoms with E-state index in [1.54, 1.807) is 13.8 Å². The third-order valence-corrected chi connectivity index (χ3v) is 3.68. The summed E-state index contributed by atoms with van der Waals surface area (Å²) in [6.45, 7) is 3.56. The monoisotopic (exact) mass is 266 g/mol. The van der Waals surface area contributed by atoms with Gasteiger partial charge in [0, 0.05) is 0 Å². The minimum Gasteiger partial charge on any atom is -0.494 e. The van der Waals surface area contributed by atoms with E-state index in [9.17, 15) is 14.7 Å². The highest BCUT2D eigenvalue weighted by Crippen LogP contribution is 2.23. The molecule has 0 amide bonds. The summed E-state index contributed by atoms with van der Waals surface area (Å²) in [7, 11) is 0. The lowest BCUT2D eigenvalue weighted by Crippen LogP contribution is -2.33. The smallest absolute Gasteiger partial charge is 0.331 e. The molecule has 2 N–H and O–H groups in total. The largest absolute Gasteiger partial charge is 0.494 e. The quantitative estimate of drug-likeness (QED) is 0.883. The lowest BCUT2D eigenvalue weighted by molar-refractivity contribution is 0.382. The Morgan fingerprint density at radius 2 is 2.22 bits per heavy atom. The minimum atomic E-state index is -0.589. The molecule has 0 aliphatic rings. The van der Waals surface area contributed by atoms with Crippen LogP contribution in [0.2, 0.25) is 0 Å². The van der Waals surface area contributed by atoms with Crippen molar-refractivity contribution in [1.29, 1.82) is 0 Å². The van der Waals surface area contributed by atoms with Crippen molar-refractivity contribution in [3.05, 3.63) is 48.8 Å². The molecule has 6 heteroatoms. The van der Waals surface area contributed by atoms with Gasteiger partial charge in [0.2, 0.25) is 5.88 Å². The molecule has 0 aliphatic heterocycles. The van der Waals surface area contributed by atoms with E-state index in [2.05, 4.69) is 4.98 Å². The molecule has 1 atom stereocenters. The number of hydrogen-bond acceptors (Lipinski definition) is 4. The van der Waals surface area contributed by atoms with Crippen LogP contribution in [0.3, 0.4) is 0 Å². The highest BCUT2D eigenvalue weighted by atomic mass is 32.1. The average Bonchev–Trinajstić information content (AvgIpc) is 2.81. The van der Waals surface area contributed by atoms with Gasteiger partial charge in [-0.15, -0.1) is 0 Å². The fourth-order valence-electron chi connectivity index (χ4n) is 1.92. The molecule has 0 radical (unpaired) electrons. The number of nitrogens with one attached hydrogen (secondary N) is 1. The Balaban J connectivity index is 2.65. The van der Waals surface area contributed by atoms with Crippen molar-refractivity contribution >= 4 is 11.3 Å². The molecule has 0 fully saturated rings. The maximum absolute atomic E-state index is 11.8. The molecule has 2 aromatic heterocycles. The minimum absolute atomic E-state index is 0.233. The van der Waals surface area contributed by atoms with Crippen LogP contribution in [0, 0.1) is 0 Å². The van der Waals surface area contributed by atoms with Gasteiger partial charge in [-0.05, 0) is 35.7 Å². The van der Waals surface area contributed by atoms with Crippen LogP contribution >= 0.6 is 11.3 Å². The van der Waals surface area contributed by atoms with Crippen LogP contribution in [0.4, 0.5) is 0 Å². The summed E-state index contributed by atoms with van der Waals surface area (Å²) in [4.78, 5) is 25.6. The first-order valence-electron chi connectivity index (χ1n) is 5.65. The summed E-state index contributed by atoms with van der Waals surface area (Å²) in [5, 5.41) is 13.9. The van der Waals surface area contributed by atoms with Gasteiger partial charge in [0.25, 0.3) is 5.56 Å². The molecular weight excluding hydrogens is 252 g/mol. The van der Waals surface area contributed by atoms with Crippen molar-refractivity contribution < 1.29 is 5.11 Å². The second kappa shape index (κ2) is 4.81. The number of aromatic nitrogens is 2. The van der Waals surface area contributed by atoms with Crippen molar-refractivity contribution in [2.24, 2.45) is 0 Å². The van der Waals surface area contributed by atoms with Gasteiger partial charge >= 0.3 is 5.69 Å². The van der Waals surface area contributed by atoms with Crippen molar-refractivity contribution in [2.75, 3.05) is 0 Å². The molecule has 0 saturated heterocycles. The van der Waals surface area contributed by atoms with Crippen LogP contribution in [0.1, 0.15) is 31.0 Å². The Morgan fingerprint density at radius 3 is 2.78 bits per heavy atom. The van der Waals surface area contributed by atoms with Crippen LogP contribution < -0.4 is 11.2 Å². The van der Waals surface area contributed by atoms with Crippen molar-refractivity contribution in [3.8, 4) is 5.88 Å². The molecular formula is C12H14N2O3S. The fraction of sp³-hybridized carbons (Fsp3) is 0.333. The Bertz CT molecular complexity index is 655. The van der Waals surface area contributed by atoms with Gasteiger partial charge in [-0.25, -0.2) is 4.79 Å². The first-order valence-corrected chi connectivity index (χ1v) is 6.59. The molecule has 96 valence electrons. The topological polar surface area (TPSA) is 75.1 Å². The van der Waals surface area contributed by atoms with Crippen molar-refractivity contribution in [1.82, 2.24) is 9.55 Å². The number of nitrogens with zero attached hydrogens (tertiary/aromatic N) is 1. The Labute approximate surface area is 107 Å². The highest BCUT2D eigenvalue weighted by Gasteiger charge is 2.18. The molecule has 0 saturated carbocycles. The van der Waals surface area contributed by atoms with Crippen LogP contribution in [-0.4, -0.2) is 14.7 Å². The van der Waals surface area contributed by atoms with Gasteiger partial charge in [0.15, 0.2) is 0 Å². The van der Waals surface area contributed by atoms with Crippen molar-refractivity contribution in [3.63, 3.8) is 0 Å². The zero-order valence-electron chi connectivity index (χ0n) is 10.1. The first-order chi connectivity index (χ1) is 8.56. The summed E-state index contributed by atoms with van der Waals surface area (Å²) in [5.74, 6) is -0.245. The molecule has 2 heterocycles. The standard InChI is InChI=1S/C12H14N2O3S/c1-3-9-10(15)13-12(17)14(11(9)16)7(2)8-4-5-18-6-8/h4-7,16H,3H2,1-2H3,(H,13,15,17). The third kappa shape index (κ3) is 1.99. The fourth-order valence-corrected chi connectivity index (χ4v) is 2.66. The number of aromatic hydroxyl groups is 1. The SMILES string of the molecule is CCc1c(O)n(C(C)c2ccsc2)c(=O)[nH]c1=O. The zero-order valence-corrected chi connectivity index (χ0v) is 11.0. The van der Waals surface area contributed by atoms with E-state index in [4.69, 9.17) is 0 Å². The molecule has 2 aromatic rings. The first kappa shape index (κ1) is 12.6. The molecule has 5 nitrogen and oxygen atoms in total. The Hall–Kier alpha value is -1.82. The maximum Gasteiger partial charge on any atom is 0.331 e. The van der Waals surface area contributed by atoms with E-state index >= 15 is 0 Å². The Kier molecular flexibility index (Phi) is 3.38. The molecule has 0 aliphatic carbocycles. The lowest BCUT2D eigenvalue weighted by atomic mass is 10.1. The number of rotatable bonds is 3. The Morgan fingerprint density at radius 1 is 1.50 bits per heavy atom. The average molecular weight is 266 g/mol. The maximum atomic E-state index is 11.8. The molecule has 0 aromatic carbocycles. The molecule has 0 spiro atoms. The number of thiophene rings is 1. The van der Waals surface area contributed by atoms with Crippen LogP contribution in [-0.2, 0) is 6.42 Å². The van der Waals surface area contributed by atoms with Crippen LogP contribution in [0.15, 0.2) is 26.4 Å². The number of hydrogen-bond donors (Lipinski definition) is 2. The normalized spacial score (nSPS) is 12.6. The van der Waals surface area contributed by atoms with Gasteiger partial charge in [-0.2, -0.15) is 11.3 Å². The van der Waals surface area contributed by atoms with Gasteiger partial charge < -0.3 is 5.11 Å². The summed E-state index contributed by atoms with van der Waals surface area (Å²) in [6, 6.07) is 1.57. The van der Waals surface area contributed by atoms with E-state index in [1.807, 2.05) is 16.8 Å². The molecule has 18 heavy (non-hydrogen) atoms. The molecule has 2 rings (SSSR count). The third-order valence-electron chi connectivity index (χ3n) is 2.98. The summed E-state index contributed by atoms with van der Waals surface area (Å²) < 4.78 is 1.21. The van der Waals surface area contributed by atoms with Gasteiger partial charge in [0.05, 0.1) is 11.6 Å². The summed E-state index contributed by atoms with van der Waals surface area (Å²) in [5.41, 5.74) is 0.0466. The van der Waals surface area contributed by atoms with E-state index in [-0.39, 0.29) is 17.5 Å². The summed E-state index contributed by atoms with van der Waals surface area (Å²) >= 11 is 1.52. The highest BCUT2D eigenvalue weighted by molar-refractivity contribution is 7.07. The van der Waals surface area contributed by atoms with E-state index in [1.165, 1.54) is 15.9 Å². The van der Waals surface area contributed by atoms with E-state index in [0.29, 0.717) is 6.42 Å².